The summed E-state index contributed by atoms with van der Waals surface area (Å²) < 4.78 is 17.4. The fraction of sp³-hybridized carbons (Fsp3) is 0.444. The van der Waals surface area contributed by atoms with Crippen LogP contribution in [0, 0.1) is 0 Å². The second-order valence-corrected chi connectivity index (χ2v) is 5.98. The van der Waals surface area contributed by atoms with Gasteiger partial charge in [0.25, 0.3) is 5.56 Å². The standard InChI is InChI=1S/C9H14N5O6P/c10-9-12-7-6(8(16)13-9)11-3-14(7)4-20-5(1-15)2-21(17,18)19/h3,5,15H,1-2,4H2,(H2,17,18,19)(H3,10,12,13,16). The highest BCUT2D eigenvalue weighted by molar-refractivity contribution is 7.51. The van der Waals surface area contributed by atoms with E-state index < -0.39 is 32.0 Å². The van der Waals surface area contributed by atoms with Crippen LogP contribution in [0.2, 0.25) is 0 Å². The fourth-order valence-corrected chi connectivity index (χ4v) is 2.43. The molecule has 21 heavy (non-hydrogen) atoms. The Labute approximate surface area is 117 Å². The van der Waals surface area contributed by atoms with Crippen molar-refractivity contribution >= 4 is 24.7 Å². The first-order chi connectivity index (χ1) is 9.80. The van der Waals surface area contributed by atoms with E-state index in [4.69, 9.17) is 25.4 Å². The third kappa shape index (κ3) is 3.86. The number of aliphatic hydroxyl groups excluding tert-OH is 1. The van der Waals surface area contributed by atoms with Gasteiger partial charge in [-0.1, -0.05) is 0 Å². The number of rotatable bonds is 6. The van der Waals surface area contributed by atoms with Gasteiger partial charge in [-0.2, -0.15) is 4.98 Å². The van der Waals surface area contributed by atoms with Crippen molar-refractivity contribution in [1.29, 1.82) is 0 Å². The molecule has 11 nitrogen and oxygen atoms in total. The highest BCUT2D eigenvalue weighted by Gasteiger charge is 2.22. The number of hydrogen-bond acceptors (Lipinski definition) is 7. The van der Waals surface area contributed by atoms with E-state index in [2.05, 4.69) is 15.0 Å². The van der Waals surface area contributed by atoms with Gasteiger partial charge in [0.15, 0.2) is 11.2 Å². The van der Waals surface area contributed by atoms with Gasteiger partial charge in [0.05, 0.1) is 25.2 Å². The molecule has 0 aliphatic heterocycles. The zero-order valence-electron chi connectivity index (χ0n) is 10.7. The Morgan fingerprint density at radius 3 is 2.86 bits per heavy atom. The van der Waals surface area contributed by atoms with Crippen molar-refractivity contribution in [3.63, 3.8) is 0 Å². The van der Waals surface area contributed by atoms with E-state index >= 15 is 0 Å². The molecule has 0 aromatic carbocycles. The molecule has 0 saturated carbocycles. The summed E-state index contributed by atoms with van der Waals surface area (Å²) in [5.74, 6) is -0.0943. The lowest BCUT2D eigenvalue weighted by Gasteiger charge is -2.16. The zero-order valence-corrected chi connectivity index (χ0v) is 11.6. The van der Waals surface area contributed by atoms with Gasteiger partial charge in [-0.3, -0.25) is 18.9 Å². The van der Waals surface area contributed by atoms with E-state index in [1.807, 2.05) is 0 Å². The zero-order chi connectivity index (χ0) is 15.6. The molecule has 0 radical (unpaired) electrons. The summed E-state index contributed by atoms with van der Waals surface area (Å²) in [7, 11) is -4.31. The maximum Gasteiger partial charge on any atom is 0.328 e. The lowest BCUT2D eigenvalue weighted by Crippen LogP contribution is -2.23. The summed E-state index contributed by atoms with van der Waals surface area (Å²) in [6.07, 6.45) is -0.396. The van der Waals surface area contributed by atoms with Crippen LogP contribution in [0.3, 0.4) is 0 Å². The lowest BCUT2D eigenvalue weighted by atomic mass is 10.4. The van der Waals surface area contributed by atoms with Crippen molar-refractivity contribution in [2.45, 2.75) is 12.8 Å². The molecule has 12 heteroatoms. The van der Waals surface area contributed by atoms with Crippen molar-refractivity contribution in [3.05, 3.63) is 16.7 Å². The predicted molar refractivity (Wildman–Crippen MR) is 71.4 cm³/mol. The third-order valence-electron chi connectivity index (χ3n) is 2.59. The van der Waals surface area contributed by atoms with E-state index in [0.717, 1.165) is 0 Å². The van der Waals surface area contributed by atoms with Crippen molar-refractivity contribution < 1.29 is 24.2 Å². The number of aromatic amines is 1. The molecule has 1 atom stereocenters. The molecule has 0 spiro atoms. The smallest absolute Gasteiger partial charge is 0.328 e. The Balaban J connectivity index is 2.17. The number of ether oxygens (including phenoxy) is 1. The van der Waals surface area contributed by atoms with E-state index in [0.29, 0.717) is 0 Å². The van der Waals surface area contributed by atoms with Gasteiger partial charge < -0.3 is 25.4 Å². The molecular formula is C9H14N5O6P. The van der Waals surface area contributed by atoms with Crippen LogP contribution in [0.1, 0.15) is 0 Å². The van der Waals surface area contributed by atoms with Gasteiger partial charge in [-0.25, -0.2) is 4.98 Å². The summed E-state index contributed by atoms with van der Waals surface area (Å²) in [4.78, 5) is 39.3. The summed E-state index contributed by atoms with van der Waals surface area (Å²) in [6.45, 7) is -0.758. The van der Waals surface area contributed by atoms with E-state index in [-0.39, 0.29) is 23.8 Å². The Morgan fingerprint density at radius 2 is 2.24 bits per heavy atom. The number of nitrogens with one attached hydrogen (secondary N) is 1. The Bertz CT molecular complexity index is 736. The first-order valence-electron chi connectivity index (χ1n) is 5.78. The van der Waals surface area contributed by atoms with E-state index in [1.54, 1.807) is 0 Å². The molecule has 0 amide bonds. The summed E-state index contributed by atoms with van der Waals surface area (Å²) >= 11 is 0. The fourth-order valence-electron chi connectivity index (χ4n) is 1.68. The van der Waals surface area contributed by atoms with Gasteiger partial charge in [-0.15, -0.1) is 0 Å². The van der Waals surface area contributed by atoms with E-state index in [9.17, 15) is 9.36 Å². The minimum absolute atomic E-state index is 0.0586. The van der Waals surface area contributed by atoms with Crippen molar-refractivity contribution in [2.24, 2.45) is 0 Å². The number of H-pyrrole nitrogens is 1. The molecule has 0 bridgehead atoms. The lowest BCUT2D eigenvalue weighted by molar-refractivity contribution is -0.0117. The van der Waals surface area contributed by atoms with Gasteiger partial charge in [0, 0.05) is 0 Å². The Morgan fingerprint density at radius 1 is 1.52 bits per heavy atom. The Hall–Kier alpha value is -1.78. The van der Waals surface area contributed by atoms with Gasteiger partial charge in [0.1, 0.15) is 6.73 Å². The average Bonchev–Trinajstić information content (AvgIpc) is 2.76. The first kappa shape index (κ1) is 15.6. The number of nitrogen functional groups attached to an aromatic ring is 1. The molecule has 2 aromatic heterocycles. The van der Waals surface area contributed by atoms with Crippen LogP contribution in [-0.2, 0) is 16.0 Å². The summed E-state index contributed by atoms with van der Waals surface area (Å²) in [6, 6.07) is 0. The van der Waals surface area contributed by atoms with Crippen molar-refractivity contribution in [3.8, 4) is 0 Å². The van der Waals surface area contributed by atoms with Crippen molar-refractivity contribution in [2.75, 3.05) is 18.5 Å². The van der Waals surface area contributed by atoms with Crippen LogP contribution in [-0.4, -0.2) is 53.3 Å². The maximum atomic E-state index is 11.6. The second-order valence-electron chi connectivity index (χ2n) is 4.29. The normalized spacial score (nSPS) is 13.7. The number of hydrogen-bond donors (Lipinski definition) is 5. The van der Waals surface area contributed by atoms with Gasteiger partial charge in [-0.05, 0) is 0 Å². The second kappa shape index (κ2) is 5.92. The number of fused-ring (bicyclic) bond motifs is 1. The minimum Gasteiger partial charge on any atom is -0.394 e. The van der Waals surface area contributed by atoms with Crippen LogP contribution in [0.15, 0.2) is 11.1 Å². The number of aliphatic hydroxyl groups is 1. The van der Waals surface area contributed by atoms with Crippen molar-refractivity contribution in [1.82, 2.24) is 19.5 Å². The highest BCUT2D eigenvalue weighted by Crippen LogP contribution is 2.35. The number of anilines is 1. The molecule has 0 saturated heterocycles. The minimum atomic E-state index is -4.31. The number of imidazole rings is 1. The first-order valence-corrected chi connectivity index (χ1v) is 7.57. The largest absolute Gasteiger partial charge is 0.394 e. The van der Waals surface area contributed by atoms with Crippen LogP contribution in [0.4, 0.5) is 5.95 Å². The predicted octanol–water partition coefficient (Wildman–Crippen LogP) is -1.79. The summed E-state index contributed by atoms with van der Waals surface area (Å²) in [5, 5.41) is 9.04. The van der Waals surface area contributed by atoms with Gasteiger partial charge >= 0.3 is 7.60 Å². The molecule has 0 aliphatic carbocycles. The monoisotopic (exact) mass is 319 g/mol. The van der Waals surface area contributed by atoms with Crippen LogP contribution >= 0.6 is 7.60 Å². The number of aromatic nitrogens is 4. The molecule has 2 aromatic rings. The molecule has 116 valence electrons. The highest BCUT2D eigenvalue weighted by atomic mass is 31.2. The third-order valence-corrected chi connectivity index (χ3v) is 3.47. The Kier molecular flexibility index (Phi) is 4.40. The van der Waals surface area contributed by atoms with Gasteiger partial charge in [0.2, 0.25) is 5.95 Å². The molecule has 2 heterocycles. The number of nitrogens with zero attached hydrogens (tertiary/aromatic N) is 3. The molecular weight excluding hydrogens is 305 g/mol. The average molecular weight is 319 g/mol. The SMILES string of the molecule is Nc1nc2c(ncn2COC(CO)CP(=O)(O)O)c(=O)[nH]1. The molecule has 1 unspecified atom stereocenters. The molecule has 0 fully saturated rings. The quantitative estimate of drug-likeness (QED) is 0.385. The van der Waals surface area contributed by atoms with Crippen LogP contribution in [0.25, 0.3) is 11.2 Å². The van der Waals surface area contributed by atoms with E-state index in [1.165, 1.54) is 10.9 Å². The maximum absolute atomic E-state index is 11.6. The van der Waals surface area contributed by atoms with Crippen LogP contribution in [0.5, 0.6) is 0 Å². The van der Waals surface area contributed by atoms with Crippen LogP contribution < -0.4 is 11.3 Å². The summed E-state index contributed by atoms with van der Waals surface area (Å²) in [5.41, 5.74) is 5.15. The molecule has 6 N–H and O–H groups in total. The topological polar surface area (TPSA) is 177 Å². The number of nitrogens with two attached hydrogens (primary N) is 1. The molecule has 0 aliphatic rings. The molecule has 2 rings (SSSR count).